The van der Waals surface area contributed by atoms with E-state index in [-0.39, 0.29) is 11.5 Å². The van der Waals surface area contributed by atoms with E-state index in [4.69, 9.17) is 9.47 Å². The van der Waals surface area contributed by atoms with Crippen molar-refractivity contribution < 1.29 is 14.3 Å². The molecule has 1 saturated carbocycles. The Labute approximate surface area is 115 Å². The number of ketones is 1. The van der Waals surface area contributed by atoms with Gasteiger partial charge in [-0.25, -0.2) is 0 Å². The molecule has 2 aliphatic carbocycles. The van der Waals surface area contributed by atoms with E-state index < -0.39 is 5.79 Å². The maximum Gasteiger partial charge on any atom is 0.163 e. The monoisotopic (exact) mass is 264 g/mol. The number of Topliss-reactive ketones (excluding diaryl/α,β-unsaturated/α-hetero) is 1. The molecule has 0 aromatic heterocycles. The van der Waals surface area contributed by atoms with Crippen molar-refractivity contribution >= 4 is 5.78 Å². The fourth-order valence-electron chi connectivity index (χ4n) is 4.15. The fraction of sp³-hybridized carbons (Fsp3) is 0.812. The van der Waals surface area contributed by atoms with E-state index in [2.05, 4.69) is 6.92 Å². The summed E-state index contributed by atoms with van der Waals surface area (Å²) in [5, 5.41) is 0. The van der Waals surface area contributed by atoms with Crippen LogP contribution >= 0.6 is 0 Å². The van der Waals surface area contributed by atoms with Gasteiger partial charge in [0, 0.05) is 6.42 Å². The number of allylic oxidation sites excluding steroid dienone is 2. The molecule has 0 bridgehead atoms. The molecule has 0 amide bonds. The topological polar surface area (TPSA) is 35.5 Å². The molecule has 1 unspecified atom stereocenters. The van der Waals surface area contributed by atoms with Crippen LogP contribution in [0.1, 0.15) is 53.4 Å². The second-order valence-corrected chi connectivity index (χ2v) is 7.14. The van der Waals surface area contributed by atoms with Gasteiger partial charge in [0.15, 0.2) is 11.6 Å². The first kappa shape index (κ1) is 13.3. The predicted molar refractivity (Wildman–Crippen MR) is 72.7 cm³/mol. The van der Waals surface area contributed by atoms with Crippen LogP contribution in [0.15, 0.2) is 11.1 Å². The summed E-state index contributed by atoms with van der Waals surface area (Å²) in [7, 11) is 0. The number of hydrogen-bond acceptors (Lipinski definition) is 3. The molecule has 106 valence electrons. The van der Waals surface area contributed by atoms with E-state index in [9.17, 15) is 4.79 Å². The third kappa shape index (κ3) is 2.17. The van der Waals surface area contributed by atoms with Crippen molar-refractivity contribution in [2.24, 2.45) is 11.3 Å². The largest absolute Gasteiger partial charge is 0.348 e. The molecule has 3 atom stereocenters. The van der Waals surface area contributed by atoms with E-state index in [1.807, 2.05) is 20.8 Å². The zero-order valence-corrected chi connectivity index (χ0v) is 12.4. The Morgan fingerprint density at radius 2 is 2.05 bits per heavy atom. The molecule has 0 aromatic carbocycles. The van der Waals surface area contributed by atoms with Gasteiger partial charge in [-0.15, -0.1) is 0 Å². The molecular weight excluding hydrogens is 240 g/mol. The first-order chi connectivity index (χ1) is 8.81. The maximum absolute atomic E-state index is 11.9. The second kappa shape index (κ2) is 4.16. The lowest BCUT2D eigenvalue weighted by Gasteiger charge is -2.32. The van der Waals surface area contributed by atoms with E-state index in [0.29, 0.717) is 24.7 Å². The van der Waals surface area contributed by atoms with Gasteiger partial charge in [0.2, 0.25) is 0 Å². The highest BCUT2D eigenvalue weighted by molar-refractivity contribution is 5.99. The molecule has 0 aromatic rings. The lowest BCUT2D eigenvalue weighted by Crippen LogP contribution is -2.30. The van der Waals surface area contributed by atoms with E-state index in [1.165, 1.54) is 12.0 Å². The van der Waals surface area contributed by atoms with Gasteiger partial charge in [-0.2, -0.15) is 0 Å². The van der Waals surface area contributed by atoms with Gasteiger partial charge in [0.25, 0.3) is 0 Å². The van der Waals surface area contributed by atoms with Crippen LogP contribution in [0.2, 0.25) is 0 Å². The molecule has 0 N–H and O–H groups in total. The highest BCUT2D eigenvalue weighted by atomic mass is 16.7. The van der Waals surface area contributed by atoms with Crippen molar-refractivity contribution in [2.75, 3.05) is 6.61 Å². The first-order valence-corrected chi connectivity index (χ1v) is 7.35. The number of fused-ring (bicyclic) bond motifs is 1. The summed E-state index contributed by atoms with van der Waals surface area (Å²) in [6.07, 6.45) is 4.17. The summed E-state index contributed by atoms with van der Waals surface area (Å²) < 4.78 is 11.6. The van der Waals surface area contributed by atoms with E-state index >= 15 is 0 Å². The van der Waals surface area contributed by atoms with Crippen LogP contribution < -0.4 is 0 Å². The lowest BCUT2D eigenvalue weighted by molar-refractivity contribution is -0.142. The summed E-state index contributed by atoms with van der Waals surface area (Å²) in [4.78, 5) is 11.9. The number of carbonyl (C=O) groups is 1. The van der Waals surface area contributed by atoms with Gasteiger partial charge < -0.3 is 9.47 Å². The molecule has 3 aliphatic rings. The predicted octanol–water partition coefficient (Wildman–Crippen LogP) is 3.23. The summed E-state index contributed by atoms with van der Waals surface area (Å²) in [6.45, 7) is 8.95. The Morgan fingerprint density at radius 1 is 1.32 bits per heavy atom. The second-order valence-electron chi connectivity index (χ2n) is 7.14. The van der Waals surface area contributed by atoms with Crippen LogP contribution in [0.25, 0.3) is 0 Å². The Bertz CT molecular complexity index is 449. The van der Waals surface area contributed by atoms with Crippen molar-refractivity contribution in [2.45, 2.75) is 65.3 Å². The highest BCUT2D eigenvalue weighted by Gasteiger charge is 2.49. The van der Waals surface area contributed by atoms with Crippen molar-refractivity contribution in [1.82, 2.24) is 0 Å². The van der Waals surface area contributed by atoms with Crippen molar-refractivity contribution in [3.05, 3.63) is 11.1 Å². The normalized spacial score (nSPS) is 41.2. The van der Waals surface area contributed by atoms with Crippen LogP contribution in [0, 0.1) is 11.3 Å². The minimum atomic E-state index is -0.445. The van der Waals surface area contributed by atoms with E-state index in [0.717, 1.165) is 18.4 Å². The lowest BCUT2D eigenvalue weighted by atomic mass is 9.74. The minimum Gasteiger partial charge on any atom is -0.348 e. The Balaban J connectivity index is 1.74. The molecule has 0 spiro atoms. The van der Waals surface area contributed by atoms with Gasteiger partial charge in [0.1, 0.15) is 0 Å². The van der Waals surface area contributed by atoms with E-state index in [1.54, 1.807) is 0 Å². The highest BCUT2D eigenvalue weighted by Crippen LogP contribution is 2.55. The Kier molecular flexibility index (Phi) is 2.92. The van der Waals surface area contributed by atoms with Crippen molar-refractivity contribution in [1.29, 1.82) is 0 Å². The summed E-state index contributed by atoms with van der Waals surface area (Å²) >= 11 is 0. The van der Waals surface area contributed by atoms with Gasteiger partial charge in [-0.05, 0) is 56.9 Å². The Morgan fingerprint density at radius 3 is 2.68 bits per heavy atom. The molecule has 3 heteroatoms. The van der Waals surface area contributed by atoms with Gasteiger partial charge >= 0.3 is 0 Å². The summed E-state index contributed by atoms with van der Waals surface area (Å²) in [6, 6.07) is 0. The average molecular weight is 264 g/mol. The molecule has 2 fully saturated rings. The third-order valence-corrected chi connectivity index (χ3v) is 5.28. The molecule has 3 rings (SSSR count). The zero-order valence-electron chi connectivity index (χ0n) is 12.4. The van der Waals surface area contributed by atoms with Crippen LogP contribution in [0.5, 0.6) is 0 Å². The van der Waals surface area contributed by atoms with Crippen LogP contribution in [-0.4, -0.2) is 24.3 Å². The smallest absolute Gasteiger partial charge is 0.163 e. The molecule has 1 heterocycles. The standard InChI is InChI=1S/C16H24O3/c1-10-12-5-6-16(4,13(12)7-14(10)17)8-11-9-18-15(2,3)19-11/h11,13H,5-9H2,1-4H3/t11-,13?,16+/m0/s1. The van der Waals surface area contributed by atoms with Gasteiger partial charge in [-0.3, -0.25) is 4.79 Å². The molecule has 19 heavy (non-hydrogen) atoms. The van der Waals surface area contributed by atoms with Crippen molar-refractivity contribution in [3.8, 4) is 0 Å². The molecule has 3 nitrogen and oxygen atoms in total. The minimum absolute atomic E-state index is 0.176. The number of ether oxygens (including phenoxy) is 2. The molecule has 1 aliphatic heterocycles. The molecular formula is C16H24O3. The first-order valence-electron chi connectivity index (χ1n) is 7.35. The van der Waals surface area contributed by atoms with Gasteiger partial charge in [-0.1, -0.05) is 12.5 Å². The SMILES string of the molecule is CC1=C2CC[C@](C)(C[C@H]3COC(C)(C)O3)C2CC1=O. The zero-order chi connectivity index (χ0) is 13.8. The average Bonchev–Trinajstić information content (AvgIpc) is 2.89. The number of hydrogen-bond donors (Lipinski definition) is 0. The number of rotatable bonds is 2. The summed E-state index contributed by atoms with van der Waals surface area (Å²) in [5.41, 5.74) is 2.67. The Hall–Kier alpha value is -0.670. The third-order valence-electron chi connectivity index (χ3n) is 5.28. The molecule has 0 radical (unpaired) electrons. The van der Waals surface area contributed by atoms with Crippen LogP contribution in [0.4, 0.5) is 0 Å². The molecule has 1 saturated heterocycles. The van der Waals surface area contributed by atoms with Crippen LogP contribution in [0.3, 0.4) is 0 Å². The quantitative estimate of drug-likeness (QED) is 0.768. The van der Waals surface area contributed by atoms with Gasteiger partial charge in [0.05, 0.1) is 12.7 Å². The van der Waals surface area contributed by atoms with Crippen LogP contribution in [-0.2, 0) is 14.3 Å². The number of carbonyl (C=O) groups excluding carboxylic acids is 1. The van der Waals surface area contributed by atoms with Crippen molar-refractivity contribution in [3.63, 3.8) is 0 Å². The summed E-state index contributed by atoms with van der Waals surface area (Å²) in [5.74, 6) is 0.363. The fourth-order valence-corrected chi connectivity index (χ4v) is 4.15. The maximum atomic E-state index is 11.9.